The first-order chi connectivity index (χ1) is 8.83. The van der Waals surface area contributed by atoms with Gasteiger partial charge in [-0.1, -0.05) is 39.0 Å². The Bertz CT molecular complexity index is 188. The first kappa shape index (κ1) is 19.8. The van der Waals surface area contributed by atoms with Crippen molar-refractivity contribution in [3.63, 3.8) is 0 Å². The van der Waals surface area contributed by atoms with Crippen LogP contribution in [-0.4, -0.2) is 36.4 Å². The zero-order valence-corrected chi connectivity index (χ0v) is 15.4. The van der Waals surface area contributed by atoms with Crippen LogP contribution >= 0.6 is 12.6 Å². The largest absolute Gasteiger partial charge is 1.00 e. The van der Waals surface area contributed by atoms with E-state index in [4.69, 9.17) is 0 Å². The third kappa shape index (κ3) is 8.62. The fraction of sp³-hybridized carbons (Fsp3) is 1.00. The second-order valence-electron chi connectivity index (χ2n) is 6.14. The highest BCUT2D eigenvalue weighted by Crippen LogP contribution is 2.20. The summed E-state index contributed by atoms with van der Waals surface area (Å²) in [7, 11) is 0. The van der Waals surface area contributed by atoms with Crippen LogP contribution in [0.4, 0.5) is 0 Å². The molecule has 1 saturated heterocycles. The minimum Gasteiger partial charge on any atom is -1.00 e. The summed E-state index contributed by atoms with van der Waals surface area (Å²) in [6.45, 7) is 7.88. The Morgan fingerprint density at radius 3 is 1.95 bits per heavy atom. The van der Waals surface area contributed by atoms with Crippen LogP contribution in [0, 0.1) is 0 Å². The van der Waals surface area contributed by atoms with Gasteiger partial charge in [0.05, 0.1) is 26.2 Å². The lowest BCUT2D eigenvalue weighted by atomic mass is 10.0. The van der Waals surface area contributed by atoms with Crippen LogP contribution in [0.5, 0.6) is 0 Å². The van der Waals surface area contributed by atoms with E-state index in [2.05, 4.69) is 19.6 Å². The van der Waals surface area contributed by atoms with E-state index >= 15 is 0 Å². The third-order valence-corrected chi connectivity index (χ3v) is 4.78. The van der Waals surface area contributed by atoms with E-state index in [0.29, 0.717) is 0 Å². The molecule has 0 bridgehead atoms. The maximum absolute atomic E-state index is 4.47. The van der Waals surface area contributed by atoms with Crippen LogP contribution in [0.1, 0.15) is 71.1 Å². The van der Waals surface area contributed by atoms with E-state index in [1.165, 1.54) is 94.9 Å². The molecule has 0 aromatic carbocycles. The summed E-state index contributed by atoms with van der Waals surface area (Å²) in [6.07, 6.45) is 14.4. The van der Waals surface area contributed by atoms with Crippen LogP contribution in [0.15, 0.2) is 0 Å². The van der Waals surface area contributed by atoms with Crippen molar-refractivity contribution in [1.29, 1.82) is 0 Å². The Hall–Kier alpha value is 0.790. The molecule has 1 aliphatic heterocycles. The minimum absolute atomic E-state index is 0. The fourth-order valence-electron chi connectivity index (χ4n) is 3.36. The molecule has 0 atom stereocenters. The van der Waals surface area contributed by atoms with Gasteiger partial charge in [0, 0.05) is 5.75 Å². The number of thiol groups is 1. The smallest absolute Gasteiger partial charge is 0.0876 e. The van der Waals surface area contributed by atoms with Gasteiger partial charge < -0.3 is 21.5 Å². The molecule has 1 fully saturated rings. The molecule has 1 nitrogen and oxygen atoms in total. The Labute approximate surface area is 137 Å². The molecule has 0 aromatic heterocycles. The second kappa shape index (κ2) is 12.5. The van der Waals surface area contributed by atoms with Crippen molar-refractivity contribution in [2.24, 2.45) is 0 Å². The molecule has 0 spiro atoms. The predicted octanol–water partition coefficient (Wildman–Crippen LogP) is 1.67. The SMILES string of the molecule is CCCCCCCCC[N+]1(CCS)CCCCC1.[Br-]. The Morgan fingerprint density at radius 1 is 0.789 bits per heavy atom. The van der Waals surface area contributed by atoms with Gasteiger partial charge in [0.15, 0.2) is 0 Å². The van der Waals surface area contributed by atoms with Crippen LogP contribution in [0.3, 0.4) is 0 Å². The van der Waals surface area contributed by atoms with Gasteiger partial charge in [-0.05, 0) is 32.1 Å². The molecule has 116 valence electrons. The molecule has 0 N–H and O–H groups in total. The van der Waals surface area contributed by atoms with E-state index in [-0.39, 0.29) is 17.0 Å². The average Bonchev–Trinajstić information content (AvgIpc) is 2.39. The Kier molecular flexibility index (Phi) is 13.0. The predicted molar refractivity (Wildman–Crippen MR) is 85.4 cm³/mol. The van der Waals surface area contributed by atoms with E-state index in [9.17, 15) is 0 Å². The summed E-state index contributed by atoms with van der Waals surface area (Å²) in [6, 6.07) is 0. The number of nitrogens with zero attached hydrogens (tertiary/aromatic N) is 1. The summed E-state index contributed by atoms with van der Waals surface area (Å²) >= 11 is 4.47. The average molecular weight is 352 g/mol. The lowest BCUT2D eigenvalue weighted by Crippen LogP contribution is -3.00. The summed E-state index contributed by atoms with van der Waals surface area (Å²) in [4.78, 5) is 0. The molecule has 0 aliphatic carbocycles. The quantitative estimate of drug-likeness (QED) is 0.345. The zero-order chi connectivity index (χ0) is 13.1. The van der Waals surface area contributed by atoms with Crippen molar-refractivity contribution < 1.29 is 21.5 Å². The highest BCUT2D eigenvalue weighted by atomic mass is 79.9. The summed E-state index contributed by atoms with van der Waals surface area (Å²) in [5.74, 6) is 1.07. The molecule has 0 amide bonds. The second-order valence-corrected chi connectivity index (χ2v) is 6.59. The molecule has 0 aromatic rings. The molecule has 0 radical (unpaired) electrons. The normalized spacial score (nSPS) is 18.0. The van der Waals surface area contributed by atoms with Gasteiger partial charge in [0.1, 0.15) is 0 Å². The Balaban J connectivity index is 0.00000324. The van der Waals surface area contributed by atoms with Gasteiger partial charge in [-0.2, -0.15) is 12.6 Å². The number of likely N-dealkylation sites (tertiary alicyclic amines) is 1. The number of hydrogen-bond donors (Lipinski definition) is 1. The van der Waals surface area contributed by atoms with E-state index < -0.39 is 0 Å². The van der Waals surface area contributed by atoms with Crippen LogP contribution in [-0.2, 0) is 0 Å². The summed E-state index contributed by atoms with van der Waals surface area (Å²) < 4.78 is 1.39. The number of piperidine rings is 1. The summed E-state index contributed by atoms with van der Waals surface area (Å²) in [5, 5.41) is 0. The number of rotatable bonds is 10. The minimum atomic E-state index is 0. The van der Waals surface area contributed by atoms with E-state index in [0.717, 1.165) is 5.75 Å². The van der Waals surface area contributed by atoms with Gasteiger partial charge in [0.25, 0.3) is 0 Å². The van der Waals surface area contributed by atoms with Crippen molar-refractivity contribution >= 4 is 12.6 Å². The van der Waals surface area contributed by atoms with Crippen molar-refractivity contribution in [2.75, 3.05) is 31.9 Å². The van der Waals surface area contributed by atoms with Crippen molar-refractivity contribution in [3.05, 3.63) is 0 Å². The monoisotopic (exact) mass is 351 g/mol. The maximum atomic E-state index is 4.47. The number of hydrogen-bond acceptors (Lipinski definition) is 1. The number of halogens is 1. The molecule has 0 unspecified atom stereocenters. The maximum Gasteiger partial charge on any atom is 0.0876 e. The van der Waals surface area contributed by atoms with E-state index in [1.54, 1.807) is 0 Å². The van der Waals surface area contributed by atoms with Gasteiger partial charge in [-0.3, -0.25) is 0 Å². The van der Waals surface area contributed by atoms with Crippen molar-refractivity contribution in [2.45, 2.75) is 71.1 Å². The van der Waals surface area contributed by atoms with Gasteiger partial charge in [-0.15, -0.1) is 0 Å². The van der Waals surface area contributed by atoms with Crippen molar-refractivity contribution in [3.8, 4) is 0 Å². The lowest BCUT2D eigenvalue weighted by molar-refractivity contribution is -0.930. The number of quaternary nitrogens is 1. The third-order valence-electron chi connectivity index (χ3n) is 4.58. The molecular weight excluding hydrogens is 318 g/mol. The molecule has 19 heavy (non-hydrogen) atoms. The van der Waals surface area contributed by atoms with Gasteiger partial charge >= 0.3 is 0 Å². The molecule has 3 heteroatoms. The van der Waals surface area contributed by atoms with Crippen LogP contribution < -0.4 is 17.0 Å². The first-order valence-corrected chi connectivity index (χ1v) is 8.92. The molecule has 1 aliphatic rings. The highest BCUT2D eigenvalue weighted by Gasteiger charge is 2.28. The highest BCUT2D eigenvalue weighted by molar-refractivity contribution is 7.80. The topological polar surface area (TPSA) is 0 Å². The van der Waals surface area contributed by atoms with Crippen molar-refractivity contribution in [1.82, 2.24) is 0 Å². The molecule has 0 saturated carbocycles. The van der Waals surface area contributed by atoms with Crippen LogP contribution in [0.25, 0.3) is 0 Å². The molecule has 1 heterocycles. The number of unbranched alkanes of at least 4 members (excludes halogenated alkanes) is 6. The summed E-state index contributed by atoms with van der Waals surface area (Å²) in [5.41, 5.74) is 0. The molecular formula is C16H34BrNS. The zero-order valence-electron chi connectivity index (χ0n) is 12.9. The fourth-order valence-corrected chi connectivity index (χ4v) is 3.78. The first-order valence-electron chi connectivity index (χ1n) is 8.29. The Morgan fingerprint density at radius 2 is 1.37 bits per heavy atom. The molecule has 1 rings (SSSR count). The lowest BCUT2D eigenvalue weighted by Gasteiger charge is -2.41. The van der Waals surface area contributed by atoms with Crippen LogP contribution in [0.2, 0.25) is 0 Å². The van der Waals surface area contributed by atoms with Gasteiger partial charge in [0.2, 0.25) is 0 Å². The van der Waals surface area contributed by atoms with E-state index in [1.807, 2.05) is 0 Å². The standard InChI is InChI=1S/C16H33NS.BrH/c1-2-3-4-5-6-7-9-12-17(15-16-18)13-10-8-11-14-17;/h2-16H2,1H3;1H. The van der Waals surface area contributed by atoms with Gasteiger partial charge in [-0.25, -0.2) is 0 Å².